The summed E-state index contributed by atoms with van der Waals surface area (Å²) in [5, 5.41) is 9.87. The third-order valence-corrected chi connectivity index (χ3v) is 4.45. The molecule has 6 heteroatoms. The van der Waals surface area contributed by atoms with Crippen molar-refractivity contribution >= 4 is 24.0 Å². The lowest BCUT2D eigenvalue weighted by Crippen LogP contribution is -2.20. The van der Waals surface area contributed by atoms with Crippen LogP contribution >= 0.6 is 24.0 Å². The van der Waals surface area contributed by atoms with E-state index in [9.17, 15) is 9.90 Å². The number of thioether (sulfide) groups is 1. The molecule has 21 heavy (non-hydrogen) atoms. The van der Waals surface area contributed by atoms with Gasteiger partial charge in [0, 0.05) is 4.75 Å². The molecule has 4 nitrogen and oxygen atoms in total. The Bertz CT molecular complexity index is 730. The summed E-state index contributed by atoms with van der Waals surface area (Å²) in [5.41, 5.74) is 0.903. The SMILES string of the molecule is CC(C)(C)SC(c1ccccc1)c1c(O)[nH]c(=S)[nH]c1=O. The van der Waals surface area contributed by atoms with Crippen molar-refractivity contribution < 1.29 is 5.11 Å². The Labute approximate surface area is 132 Å². The minimum Gasteiger partial charge on any atom is -0.494 e. The van der Waals surface area contributed by atoms with Gasteiger partial charge >= 0.3 is 0 Å². The summed E-state index contributed by atoms with van der Waals surface area (Å²) in [6, 6.07) is 9.66. The van der Waals surface area contributed by atoms with Crippen molar-refractivity contribution in [2.75, 3.05) is 0 Å². The monoisotopic (exact) mass is 322 g/mol. The van der Waals surface area contributed by atoms with Crippen molar-refractivity contribution in [3.63, 3.8) is 0 Å². The molecule has 1 atom stereocenters. The lowest BCUT2D eigenvalue weighted by atomic mass is 10.1. The van der Waals surface area contributed by atoms with Crippen LogP contribution in [0.15, 0.2) is 35.1 Å². The van der Waals surface area contributed by atoms with Crippen LogP contribution in [0, 0.1) is 4.77 Å². The van der Waals surface area contributed by atoms with E-state index >= 15 is 0 Å². The van der Waals surface area contributed by atoms with Gasteiger partial charge in [-0.1, -0.05) is 51.1 Å². The van der Waals surface area contributed by atoms with E-state index in [4.69, 9.17) is 12.2 Å². The number of aromatic hydroxyl groups is 1. The maximum Gasteiger partial charge on any atom is 0.260 e. The molecule has 0 aliphatic heterocycles. The lowest BCUT2D eigenvalue weighted by Gasteiger charge is -2.26. The average Bonchev–Trinajstić information content (AvgIpc) is 2.36. The fourth-order valence-corrected chi connectivity index (χ4v) is 3.53. The van der Waals surface area contributed by atoms with E-state index in [1.165, 1.54) is 0 Å². The zero-order valence-corrected chi connectivity index (χ0v) is 13.8. The van der Waals surface area contributed by atoms with Gasteiger partial charge in [-0.2, -0.15) is 0 Å². The Morgan fingerprint density at radius 3 is 2.33 bits per heavy atom. The molecular weight excluding hydrogens is 304 g/mol. The standard InChI is InChI=1S/C15H18N2O2S2/c1-15(2,3)21-11(9-7-5-4-6-8-9)10-12(18)16-14(20)17-13(10)19/h4-8,11H,1-3H3,(H3,16,17,18,19,20). The van der Waals surface area contributed by atoms with Gasteiger partial charge in [0.25, 0.3) is 5.56 Å². The van der Waals surface area contributed by atoms with E-state index in [0.29, 0.717) is 5.56 Å². The zero-order valence-electron chi connectivity index (χ0n) is 12.1. The van der Waals surface area contributed by atoms with Crippen molar-refractivity contribution in [1.82, 2.24) is 9.97 Å². The van der Waals surface area contributed by atoms with Crippen molar-refractivity contribution in [2.45, 2.75) is 30.8 Å². The maximum atomic E-state index is 12.2. The molecule has 2 rings (SSSR count). The number of hydrogen-bond acceptors (Lipinski definition) is 4. The Hall–Kier alpha value is -1.53. The van der Waals surface area contributed by atoms with Crippen LogP contribution in [0.3, 0.4) is 0 Å². The first-order valence-corrected chi connectivity index (χ1v) is 7.85. The normalized spacial score (nSPS) is 13.1. The molecule has 3 N–H and O–H groups in total. The predicted octanol–water partition coefficient (Wildman–Crippen LogP) is 3.76. The average molecular weight is 322 g/mol. The molecule has 0 saturated heterocycles. The van der Waals surface area contributed by atoms with Crippen LogP contribution in [0.1, 0.15) is 37.1 Å². The molecule has 0 saturated carbocycles. The second kappa shape index (κ2) is 6.07. The van der Waals surface area contributed by atoms with E-state index in [2.05, 4.69) is 30.7 Å². The third-order valence-electron chi connectivity index (χ3n) is 2.79. The first kappa shape index (κ1) is 15.9. The highest BCUT2D eigenvalue weighted by atomic mass is 32.2. The Balaban J connectivity index is 2.61. The van der Waals surface area contributed by atoms with E-state index in [-0.39, 0.29) is 26.2 Å². The molecule has 0 bridgehead atoms. The third kappa shape index (κ3) is 3.98. The van der Waals surface area contributed by atoms with E-state index in [0.717, 1.165) is 5.56 Å². The number of benzene rings is 1. The van der Waals surface area contributed by atoms with Crippen LogP contribution in [0.2, 0.25) is 0 Å². The molecule has 112 valence electrons. The van der Waals surface area contributed by atoms with Crippen LogP contribution in [0.25, 0.3) is 0 Å². The molecule has 0 fully saturated rings. The van der Waals surface area contributed by atoms with Gasteiger partial charge in [0.15, 0.2) is 4.77 Å². The molecule has 2 aromatic rings. The van der Waals surface area contributed by atoms with Crippen molar-refractivity contribution in [2.24, 2.45) is 0 Å². The molecule has 1 aromatic heterocycles. The maximum absolute atomic E-state index is 12.2. The van der Waals surface area contributed by atoms with Gasteiger partial charge in [-0.15, -0.1) is 11.8 Å². The molecule has 0 spiro atoms. The highest BCUT2D eigenvalue weighted by Crippen LogP contribution is 2.43. The van der Waals surface area contributed by atoms with Gasteiger partial charge in [-0.3, -0.25) is 9.78 Å². The second-order valence-corrected chi connectivity index (χ2v) is 8.03. The van der Waals surface area contributed by atoms with Crippen LogP contribution < -0.4 is 5.56 Å². The van der Waals surface area contributed by atoms with Crippen molar-refractivity contribution in [1.29, 1.82) is 0 Å². The fourth-order valence-electron chi connectivity index (χ4n) is 2.00. The highest BCUT2D eigenvalue weighted by Gasteiger charge is 2.27. The fraction of sp³-hybridized carbons (Fsp3) is 0.333. The minimum atomic E-state index is -0.359. The van der Waals surface area contributed by atoms with Gasteiger partial charge in [0.1, 0.15) is 0 Å². The largest absolute Gasteiger partial charge is 0.494 e. The van der Waals surface area contributed by atoms with Gasteiger partial charge in [-0.05, 0) is 17.8 Å². The summed E-state index contributed by atoms with van der Waals surface area (Å²) in [5.74, 6) is -0.172. The van der Waals surface area contributed by atoms with Gasteiger partial charge < -0.3 is 10.1 Å². The molecule has 0 radical (unpaired) electrons. The first-order chi connectivity index (χ1) is 9.78. The Kier molecular flexibility index (Phi) is 4.58. The molecule has 1 heterocycles. The van der Waals surface area contributed by atoms with Crippen molar-refractivity contribution in [3.8, 4) is 5.88 Å². The molecule has 1 unspecified atom stereocenters. The van der Waals surface area contributed by atoms with Crippen LogP contribution in [-0.4, -0.2) is 19.8 Å². The highest BCUT2D eigenvalue weighted by molar-refractivity contribution is 8.01. The number of aromatic nitrogens is 2. The van der Waals surface area contributed by atoms with Crippen molar-refractivity contribution in [3.05, 3.63) is 56.6 Å². The summed E-state index contributed by atoms with van der Waals surface area (Å²) < 4.78 is 0.0419. The van der Waals surface area contributed by atoms with Gasteiger partial charge in [0.05, 0.1) is 10.8 Å². The van der Waals surface area contributed by atoms with Gasteiger partial charge in [0.2, 0.25) is 5.88 Å². The first-order valence-electron chi connectivity index (χ1n) is 6.56. The van der Waals surface area contributed by atoms with E-state index < -0.39 is 0 Å². The number of nitrogens with one attached hydrogen (secondary N) is 2. The number of hydrogen-bond donors (Lipinski definition) is 3. The summed E-state index contributed by atoms with van der Waals surface area (Å²) in [7, 11) is 0. The topological polar surface area (TPSA) is 68.9 Å². The quantitative estimate of drug-likeness (QED) is 0.753. The Morgan fingerprint density at radius 1 is 1.19 bits per heavy atom. The lowest BCUT2D eigenvalue weighted by molar-refractivity contribution is 0.442. The number of rotatable bonds is 3. The summed E-state index contributed by atoms with van der Waals surface area (Å²) in [6.07, 6.45) is 0. The summed E-state index contributed by atoms with van der Waals surface area (Å²) in [4.78, 5) is 17.4. The predicted molar refractivity (Wildman–Crippen MR) is 89.5 cm³/mol. The zero-order chi connectivity index (χ0) is 15.6. The van der Waals surface area contributed by atoms with Crippen LogP contribution in [0.5, 0.6) is 5.88 Å². The molecule has 0 aliphatic carbocycles. The second-order valence-electron chi connectivity index (χ2n) is 5.69. The smallest absolute Gasteiger partial charge is 0.260 e. The van der Waals surface area contributed by atoms with E-state index in [1.807, 2.05) is 30.3 Å². The molecule has 1 aromatic carbocycles. The number of aromatic amines is 2. The van der Waals surface area contributed by atoms with Crippen LogP contribution in [-0.2, 0) is 0 Å². The van der Waals surface area contributed by atoms with Crippen LogP contribution in [0.4, 0.5) is 0 Å². The molecule has 0 amide bonds. The molecular formula is C15H18N2O2S2. The molecule has 0 aliphatic rings. The minimum absolute atomic E-state index is 0.0774. The Morgan fingerprint density at radius 2 is 1.81 bits per heavy atom. The van der Waals surface area contributed by atoms with E-state index in [1.54, 1.807) is 11.8 Å². The summed E-state index contributed by atoms with van der Waals surface area (Å²) in [6.45, 7) is 6.22. The summed E-state index contributed by atoms with van der Waals surface area (Å²) >= 11 is 6.49. The number of H-pyrrole nitrogens is 2. The van der Waals surface area contributed by atoms with Gasteiger partial charge in [-0.25, -0.2) is 0 Å².